The van der Waals surface area contributed by atoms with Gasteiger partial charge in [-0.05, 0) is 43.4 Å². The quantitative estimate of drug-likeness (QED) is 0.563. The average molecular weight is 292 g/mol. The second kappa shape index (κ2) is 6.87. The minimum absolute atomic E-state index is 1.04. The highest BCUT2D eigenvalue weighted by Crippen LogP contribution is 2.24. The summed E-state index contributed by atoms with van der Waals surface area (Å²) in [5, 5.41) is 2.39. The lowest BCUT2D eigenvalue weighted by molar-refractivity contribution is 0.780. The molecule has 0 aliphatic rings. The van der Waals surface area contributed by atoms with Gasteiger partial charge in [0.1, 0.15) is 0 Å². The Morgan fingerprint density at radius 1 is 0.818 bits per heavy atom. The van der Waals surface area contributed by atoms with Gasteiger partial charge in [0.25, 0.3) is 0 Å². The van der Waals surface area contributed by atoms with Crippen LogP contribution in [0.4, 0.5) is 0 Å². The molecule has 2 nitrogen and oxygen atoms in total. The zero-order valence-electron chi connectivity index (χ0n) is 13.6. The monoisotopic (exact) mass is 292 g/mol. The number of aromatic nitrogens is 2. The number of hydrogen-bond donors (Lipinski definition) is 0. The number of unbranched alkanes of at least 4 members (excludes halogenated alkanes) is 2. The highest BCUT2D eigenvalue weighted by Gasteiger charge is 2.06. The van der Waals surface area contributed by atoms with Crippen LogP contribution in [0.15, 0.2) is 36.5 Å². The zero-order chi connectivity index (χ0) is 15.4. The summed E-state index contributed by atoms with van der Waals surface area (Å²) >= 11 is 0. The molecule has 22 heavy (non-hydrogen) atoms. The predicted octanol–water partition coefficient (Wildman–Crippen LogP) is 5.47. The molecule has 0 saturated heterocycles. The summed E-state index contributed by atoms with van der Waals surface area (Å²) < 4.78 is 0. The van der Waals surface area contributed by atoms with Crippen LogP contribution in [0.1, 0.15) is 50.8 Å². The van der Waals surface area contributed by atoms with Crippen molar-refractivity contribution in [2.24, 2.45) is 0 Å². The summed E-state index contributed by atoms with van der Waals surface area (Å²) in [7, 11) is 0. The number of rotatable bonds is 6. The van der Waals surface area contributed by atoms with Crippen molar-refractivity contribution < 1.29 is 0 Å². The van der Waals surface area contributed by atoms with Gasteiger partial charge in [0.2, 0.25) is 0 Å². The molecule has 0 saturated carbocycles. The Hall–Kier alpha value is -1.96. The van der Waals surface area contributed by atoms with Crippen molar-refractivity contribution in [2.75, 3.05) is 0 Å². The molecule has 0 fully saturated rings. The van der Waals surface area contributed by atoms with E-state index in [4.69, 9.17) is 9.97 Å². The van der Waals surface area contributed by atoms with Gasteiger partial charge in [-0.2, -0.15) is 0 Å². The third-order valence-corrected chi connectivity index (χ3v) is 4.23. The third kappa shape index (κ3) is 3.11. The van der Waals surface area contributed by atoms with Gasteiger partial charge in [0.15, 0.2) is 0 Å². The second-order valence-corrected chi connectivity index (χ2v) is 6.06. The minimum atomic E-state index is 1.04. The molecule has 0 amide bonds. The van der Waals surface area contributed by atoms with Gasteiger partial charge in [-0.25, -0.2) is 0 Å². The van der Waals surface area contributed by atoms with E-state index < -0.39 is 0 Å². The number of benzene rings is 1. The van der Waals surface area contributed by atoms with Crippen molar-refractivity contribution in [3.8, 4) is 0 Å². The van der Waals surface area contributed by atoms with E-state index in [1.165, 1.54) is 47.7 Å². The number of pyridine rings is 2. The lowest BCUT2D eigenvalue weighted by atomic mass is 10.1. The SMILES string of the molecule is CCCCc1cnc2c(ccc3ccc(CCCC)nc32)c1. The fourth-order valence-electron chi connectivity index (χ4n) is 2.88. The molecule has 0 aliphatic carbocycles. The maximum Gasteiger partial charge on any atom is 0.0967 e. The topological polar surface area (TPSA) is 25.8 Å². The van der Waals surface area contributed by atoms with E-state index in [2.05, 4.69) is 44.2 Å². The maximum atomic E-state index is 4.87. The minimum Gasteiger partial charge on any atom is -0.254 e. The molecule has 0 bridgehead atoms. The molecular weight excluding hydrogens is 268 g/mol. The van der Waals surface area contributed by atoms with Gasteiger partial charge in [-0.3, -0.25) is 9.97 Å². The molecule has 0 N–H and O–H groups in total. The Balaban J connectivity index is 2.04. The van der Waals surface area contributed by atoms with E-state index >= 15 is 0 Å². The van der Waals surface area contributed by atoms with E-state index in [-0.39, 0.29) is 0 Å². The lowest BCUT2D eigenvalue weighted by Gasteiger charge is -2.07. The molecule has 3 rings (SSSR count). The molecular formula is C20H24N2. The van der Waals surface area contributed by atoms with E-state index in [0.29, 0.717) is 0 Å². The van der Waals surface area contributed by atoms with E-state index in [9.17, 15) is 0 Å². The van der Waals surface area contributed by atoms with Gasteiger partial charge in [-0.1, -0.05) is 44.9 Å². The summed E-state index contributed by atoms with van der Waals surface area (Å²) in [5.74, 6) is 0. The lowest BCUT2D eigenvalue weighted by Crippen LogP contribution is -1.94. The van der Waals surface area contributed by atoms with Crippen LogP contribution in [0.5, 0.6) is 0 Å². The maximum absolute atomic E-state index is 4.87. The molecule has 3 aromatic rings. The number of hydrogen-bond acceptors (Lipinski definition) is 2. The zero-order valence-corrected chi connectivity index (χ0v) is 13.6. The highest BCUT2D eigenvalue weighted by atomic mass is 14.7. The smallest absolute Gasteiger partial charge is 0.0967 e. The fraction of sp³-hybridized carbons (Fsp3) is 0.400. The molecule has 2 heterocycles. The van der Waals surface area contributed by atoms with E-state index in [0.717, 1.165) is 23.9 Å². The average Bonchev–Trinajstić information content (AvgIpc) is 2.57. The van der Waals surface area contributed by atoms with Gasteiger partial charge in [-0.15, -0.1) is 0 Å². The molecule has 114 valence electrons. The van der Waals surface area contributed by atoms with Gasteiger partial charge in [0.05, 0.1) is 11.0 Å². The van der Waals surface area contributed by atoms with Crippen LogP contribution < -0.4 is 0 Å². The summed E-state index contributed by atoms with van der Waals surface area (Å²) in [6, 6.07) is 10.9. The van der Waals surface area contributed by atoms with Gasteiger partial charge >= 0.3 is 0 Å². The van der Waals surface area contributed by atoms with Crippen molar-refractivity contribution in [2.45, 2.75) is 52.4 Å². The first-order chi connectivity index (χ1) is 10.8. The molecule has 0 unspecified atom stereocenters. The third-order valence-electron chi connectivity index (χ3n) is 4.23. The van der Waals surface area contributed by atoms with Crippen LogP contribution in [0, 0.1) is 0 Å². The normalized spacial score (nSPS) is 11.4. The number of aryl methyl sites for hydroxylation is 2. The first-order valence-electron chi connectivity index (χ1n) is 8.49. The fourth-order valence-corrected chi connectivity index (χ4v) is 2.88. The first kappa shape index (κ1) is 15.0. The largest absolute Gasteiger partial charge is 0.254 e. The summed E-state index contributed by atoms with van der Waals surface area (Å²) in [4.78, 5) is 9.59. The molecule has 2 heteroatoms. The van der Waals surface area contributed by atoms with Gasteiger partial charge in [0, 0.05) is 22.7 Å². The van der Waals surface area contributed by atoms with E-state index in [1.54, 1.807) is 0 Å². The van der Waals surface area contributed by atoms with Crippen molar-refractivity contribution in [1.82, 2.24) is 9.97 Å². The van der Waals surface area contributed by atoms with Crippen LogP contribution in [0.25, 0.3) is 21.8 Å². The highest BCUT2D eigenvalue weighted by molar-refractivity contribution is 6.02. The predicted molar refractivity (Wildman–Crippen MR) is 94.3 cm³/mol. The van der Waals surface area contributed by atoms with E-state index in [1.807, 2.05) is 6.20 Å². The van der Waals surface area contributed by atoms with Crippen molar-refractivity contribution in [1.29, 1.82) is 0 Å². The van der Waals surface area contributed by atoms with Crippen molar-refractivity contribution >= 4 is 21.8 Å². The molecule has 0 atom stereocenters. The summed E-state index contributed by atoms with van der Waals surface area (Å²) in [5.41, 5.74) is 4.60. The Kier molecular flexibility index (Phi) is 4.67. The standard InChI is InChI=1S/C20H24N2/c1-3-5-7-15-13-17-10-9-16-11-12-18(8-6-4-2)22-20(16)19(17)21-14-15/h9-14H,3-8H2,1-2H3. The van der Waals surface area contributed by atoms with Crippen LogP contribution in [-0.2, 0) is 12.8 Å². The Morgan fingerprint density at radius 2 is 1.55 bits per heavy atom. The number of nitrogens with zero attached hydrogens (tertiary/aromatic N) is 2. The van der Waals surface area contributed by atoms with Crippen molar-refractivity contribution in [3.63, 3.8) is 0 Å². The Bertz CT molecular complexity index is 777. The van der Waals surface area contributed by atoms with Crippen LogP contribution >= 0.6 is 0 Å². The van der Waals surface area contributed by atoms with Crippen LogP contribution in [-0.4, -0.2) is 9.97 Å². The van der Waals surface area contributed by atoms with Crippen LogP contribution in [0.2, 0.25) is 0 Å². The molecule has 1 aromatic carbocycles. The summed E-state index contributed by atoms with van der Waals surface area (Å²) in [6.07, 6.45) is 9.03. The Morgan fingerprint density at radius 3 is 2.36 bits per heavy atom. The van der Waals surface area contributed by atoms with Crippen molar-refractivity contribution in [3.05, 3.63) is 47.8 Å². The molecule has 0 spiro atoms. The van der Waals surface area contributed by atoms with Gasteiger partial charge < -0.3 is 0 Å². The summed E-state index contributed by atoms with van der Waals surface area (Å²) in [6.45, 7) is 4.44. The number of fused-ring (bicyclic) bond motifs is 3. The molecule has 0 radical (unpaired) electrons. The molecule has 2 aromatic heterocycles. The molecule has 0 aliphatic heterocycles. The second-order valence-electron chi connectivity index (χ2n) is 6.06. The first-order valence-corrected chi connectivity index (χ1v) is 8.49. The van der Waals surface area contributed by atoms with Crippen LogP contribution in [0.3, 0.4) is 0 Å². The Labute approximate surface area is 132 Å².